The smallest absolute Gasteiger partial charge is 0.405 e. The predicted octanol–water partition coefficient (Wildman–Crippen LogP) is 0.133. The van der Waals surface area contributed by atoms with Crippen LogP contribution in [0.2, 0.25) is 0 Å². The minimum absolute atomic E-state index is 0.376. The van der Waals surface area contributed by atoms with E-state index < -0.39 is 6.09 Å². The molecule has 6 nitrogen and oxygen atoms in total. The average Bonchev–Trinajstić information content (AvgIpc) is 2.35. The topological polar surface area (TPSA) is 90.9 Å². The summed E-state index contributed by atoms with van der Waals surface area (Å²) in [5, 5.41) is 16.7. The molecule has 1 aromatic rings. The summed E-state index contributed by atoms with van der Waals surface area (Å²) in [6, 6.07) is -0.376. The zero-order valence-corrected chi connectivity index (χ0v) is 5.90. The molecule has 0 radical (unpaired) electrons. The Balaban J connectivity index is 2.56. The molecule has 0 saturated carbocycles. The Hall–Kier alpha value is -1.59. The van der Waals surface area contributed by atoms with Gasteiger partial charge in [-0.15, -0.1) is 0 Å². The quantitative estimate of drug-likeness (QED) is 0.567. The van der Waals surface area contributed by atoms with Crippen LogP contribution in [0.3, 0.4) is 0 Å². The highest BCUT2D eigenvalue weighted by atomic mass is 16.4. The Morgan fingerprint density at radius 2 is 2.64 bits per heavy atom. The summed E-state index contributed by atoms with van der Waals surface area (Å²) in [6.45, 7) is 1.66. The van der Waals surface area contributed by atoms with E-state index in [1.54, 1.807) is 6.92 Å². The van der Waals surface area contributed by atoms with Crippen molar-refractivity contribution >= 4 is 6.09 Å². The first-order valence-electron chi connectivity index (χ1n) is 3.05. The van der Waals surface area contributed by atoms with Gasteiger partial charge < -0.3 is 10.4 Å². The van der Waals surface area contributed by atoms with Crippen molar-refractivity contribution in [3.8, 4) is 0 Å². The van der Waals surface area contributed by atoms with Crippen LogP contribution in [0, 0.1) is 0 Å². The van der Waals surface area contributed by atoms with E-state index in [9.17, 15) is 4.79 Å². The van der Waals surface area contributed by atoms with E-state index in [-0.39, 0.29) is 6.04 Å². The summed E-state index contributed by atoms with van der Waals surface area (Å²) in [5.74, 6) is 0.437. The van der Waals surface area contributed by atoms with Gasteiger partial charge in [-0.3, -0.25) is 5.10 Å². The maximum absolute atomic E-state index is 10.1. The molecule has 0 aromatic carbocycles. The molecule has 1 atom stereocenters. The SMILES string of the molecule is C[C@H](NC(=O)O)c1nc[nH]n1. The first-order valence-corrected chi connectivity index (χ1v) is 3.05. The molecular weight excluding hydrogens is 148 g/mol. The molecule has 3 N–H and O–H groups in total. The Morgan fingerprint density at radius 1 is 1.91 bits per heavy atom. The van der Waals surface area contributed by atoms with Crippen LogP contribution in [0.5, 0.6) is 0 Å². The van der Waals surface area contributed by atoms with Crippen molar-refractivity contribution in [2.75, 3.05) is 0 Å². The third kappa shape index (κ3) is 1.92. The molecule has 0 aliphatic carbocycles. The zero-order valence-electron chi connectivity index (χ0n) is 5.90. The number of H-pyrrole nitrogens is 1. The summed E-state index contributed by atoms with van der Waals surface area (Å²) >= 11 is 0. The molecule has 6 heteroatoms. The van der Waals surface area contributed by atoms with Crippen molar-refractivity contribution in [3.63, 3.8) is 0 Å². The lowest BCUT2D eigenvalue weighted by Crippen LogP contribution is -2.25. The van der Waals surface area contributed by atoms with Crippen LogP contribution in [0.15, 0.2) is 6.33 Å². The van der Waals surface area contributed by atoms with Crippen molar-refractivity contribution in [1.82, 2.24) is 20.5 Å². The maximum Gasteiger partial charge on any atom is 0.405 e. The van der Waals surface area contributed by atoms with Crippen LogP contribution in [0.4, 0.5) is 4.79 Å². The standard InChI is InChI=1S/C5H8N4O2/c1-3(8-5(10)11)4-6-2-7-9-4/h2-3,8H,1H3,(H,10,11)(H,6,7,9)/t3-/m0/s1. The lowest BCUT2D eigenvalue weighted by Gasteiger charge is -2.04. The second-order valence-corrected chi connectivity index (χ2v) is 2.03. The summed E-state index contributed by atoms with van der Waals surface area (Å²) in [5.41, 5.74) is 0. The monoisotopic (exact) mass is 156 g/mol. The first kappa shape index (κ1) is 7.52. The Kier molecular flexibility index (Phi) is 2.05. The highest BCUT2D eigenvalue weighted by molar-refractivity contribution is 5.64. The van der Waals surface area contributed by atoms with Gasteiger partial charge in [0.25, 0.3) is 0 Å². The Bertz CT molecular complexity index is 233. The first-order chi connectivity index (χ1) is 5.20. The van der Waals surface area contributed by atoms with E-state index in [1.165, 1.54) is 6.33 Å². The van der Waals surface area contributed by atoms with E-state index in [0.29, 0.717) is 5.82 Å². The minimum Gasteiger partial charge on any atom is -0.465 e. The molecule has 1 rings (SSSR count). The van der Waals surface area contributed by atoms with Crippen LogP contribution in [-0.2, 0) is 0 Å². The van der Waals surface area contributed by atoms with Crippen LogP contribution in [-0.4, -0.2) is 26.4 Å². The van der Waals surface area contributed by atoms with E-state index in [0.717, 1.165) is 0 Å². The van der Waals surface area contributed by atoms with Gasteiger partial charge in [0.15, 0.2) is 5.82 Å². The molecule has 0 spiro atoms. The maximum atomic E-state index is 10.1. The fraction of sp³-hybridized carbons (Fsp3) is 0.400. The van der Waals surface area contributed by atoms with Gasteiger partial charge in [-0.25, -0.2) is 9.78 Å². The zero-order chi connectivity index (χ0) is 8.27. The van der Waals surface area contributed by atoms with Crippen LogP contribution in [0.25, 0.3) is 0 Å². The number of rotatable bonds is 2. The van der Waals surface area contributed by atoms with Crippen molar-refractivity contribution < 1.29 is 9.90 Å². The number of carboxylic acid groups (broad SMARTS) is 1. The van der Waals surface area contributed by atoms with Crippen molar-refractivity contribution in [1.29, 1.82) is 0 Å². The van der Waals surface area contributed by atoms with Crippen LogP contribution < -0.4 is 5.32 Å². The van der Waals surface area contributed by atoms with E-state index in [2.05, 4.69) is 20.5 Å². The van der Waals surface area contributed by atoms with Gasteiger partial charge in [0, 0.05) is 0 Å². The molecule has 0 saturated heterocycles. The second kappa shape index (κ2) is 3.00. The lowest BCUT2D eigenvalue weighted by molar-refractivity contribution is 0.190. The van der Waals surface area contributed by atoms with E-state index in [4.69, 9.17) is 5.11 Å². The molecule has 1 heterocycles. The van der Waals surface area contributed by atoms with Gasteiger partial charge in [-0.2, -0.15) is 5.10 Å². The molecular formula is C5H8N4O2. The Labute approximate surface area is 62.6 Å². The van der Waals surface area contributed by atoms with Gasteiger partial charge in [0.2, 0.25) is 0 Å². The van der Waals surface area contributed by atoms with Crippen molar-refractivity contribution in [3.05, 3.63) is 12.2 Å². The molecule has 1 aromatic heterocycles. The molecule has 11 heavy (non-hydrogen) atoms. The Morgan fingerprint density at radius 3 is 3.09 bits per heavy atom. The molecule has 0 bridgehead atoms. The summed E-state index contributed by atoms with van der Waals surface area (Å²) < 4.78 is 0. The second-order valence-electron chi connectivity index (χ2n) is 2.03. The molecule has 1 amide bonds. The minimum atomic E-state index is -1.08. The van der Waals surface area contributed by atoms with Gasteiger partial charge in [0.05, 0.1) is 6.04 Å². The number of hydrogen-bond donors (Lipinski definition) is 3. The molecule has 0 aliphatic rings. The highest BCUT2D eigenvalue weighted by Crippen LogP contribution is 2.02. The molecule has 0 aliphatic heterocycles. The highest BCUT2D eigenvalue weighted by Gasteiger charge is 2.10. The predicted molar refractivity (Wildman–Crippen MR) is 36.0 cm³/mol. The number of amides is 1. The lowest BCUT2D eigenvalue weighted by atomic mass is 10.3. The normalized spacial score (nSPS) is 12.5. The number of aromatic nitrogens is 3. The van der Waals surface area contributed by atoms with Gasteiger partial charge in [-0.05, 0) is 6.92 Å². The number of nitrogens with one attached hydrogen (secondary N) is 2. The fourth-order valence-corrected chi connectivity index (χ4v) is 0.677. The number of aromatic amines is 1. The summed E-state index contributed by atoms with van der Waals surface area (Å²) in [6.07, 6.45) is 0.317. The molecule has 0 unspecified atom stereocenters. The third-order valence-electron chi connectivity index (χ3n) is 1.16. The molecule has 60 valence electrons. The van der Waals surface area contributed by atoms with E-state index in [1.807, 2.05) is 0 Å². The van der Waals surface area contributed by atoms with Crippen molar-refractivity contribution in [2.24, 2.45) is 0 Å². The van der Waals surface area contributed by atoms with Gasteiger partial charge in [0.1, 0.15) is 6.33 Å². The summed E-state index contributed by atoms with van der Waals surface area (Å²) in [7, 11) is 0. The third-order valence-corrected chi connectivity index (χ3v) is 1.16. The largest absolute Gasteiger partial charge is 0.465 e. The fourth-order valence-electron chi connectivity index (χ4n) is 0.677. The number of hydrogen-bond acceptors (Lipinski definition) is 3. The van der Waals surface area contributed by atoms with Crippen molar-refractivity contribution in [2.45, 2.75) is 13.0 Å². The summed E-state index contributed by atoms with van der Waals surface area (Å²) in [4.78, 5) is 13.9. The van der Waals surface area contributed by atoms with Crippen LogP contribution >= 0.6 is 0 Å². The number of carbonyl (C=O) groups is 1. The van der Waals surface area contributed by atoms with Gasteiger partial charge >= 0.3 is 6.09 Å². The molecule has 0 fully saturated rings. The van der Waals surface area contributed by atoms with Gasteiger partial charge in [-0.1, -0.05) is 0 Å². The number of nitrogens with zero attached hydrogens (tertiary/aromatic N) is 2. The van der Waals surface area contributed by atoms with E-state index >= 15 is 0 Å². The van der Waals surface area contributed by atoms with Crippen LogP contribution in [0.1, 0.15) is 18.8 Å². The average molecular weight is 156 g/mol.